The van der Waals surface area contributed by atoms with Gasteiger partial charge in [0, 0.05) is 35.1 Å². The van der Waals surface area contributed by atoms with E-state index in [9.17, 15) is 0 Å². The summed E-state index contributed by atoms with van der Waals surface area (Å²) >= 11 is 1.70. The van der Waals surface area contributed by atoms with E-state index in [0.29, 0.717) is 11.8 Å². The fraction of sp³-hybridized carbons (Fsp3) is 0.378. The van der Waals surface area contributed by atoms with Gasteiger partial charge in [-0.1, -0.05) is 105 Å². The van der Waals surface area contributed by atoms with Crippen molar-refractivity contribution in [2.24, 2.45) is 7.05 Å². The smallest absolute Gasteiger partial charge is 0.672 e. The molecule has 3 aromatic carbocycles. The van der Waals surface area contributed by atoms with Gasteiger partial charge >= 0.3 is 25.8 Å². The molecular formula is C37H50HfN6S. The summed E-state index contributed by atoms with van der Waals surface area (Å²) in [6.45, 7) is 8.99. The van der Waals surface area contributed by atoms with Crippen LogP contribution in [0.15, 0.2) is 84.4 Å². The topological polar surface area (TPSA) is 74.2 Å². The van der Waals surface area contributed by atoms with Crippen molar-refractivity contribution in [2.45, 2.75) is 45.6 Å². The summed E-state index contributed by atoms with van der Waals surface area (Å²) in [5.41, 5.74) is 8.27. The zero-order valence-electron chi connectivity index (χ0n) is 28.9. The molecule has 0 bridgehead atoms. The number of aryl methyl sites for hydroxylation is 1. The van der Waals surface area contributed by atoms with Gasteiger partial charge in [-0.05, 0) is 30.0 Å². The van der Waals surface area contributed by atoms with Crippen LogP contribution in [0.4, 0.5) is 5.69 Å². The van der Waals surface area contributed by atoms with Crippen LogP contribution < -0.4 is 0 Å². The molecule has 0 amide bonds. The maximum Gasteiger partial charge on any atom is 4.00 e. The Morgan fingerprint density at radius 2 is 1.22 bits per heavy atom. The Balaban J connectivity index is 0.000000910. The first-order chi connectivity index (χ1) is 21.2. The number of thiazole rings is 1. The molecule has 0 saturated heterocycles. The maximum absolute atomic E-state index is 5.46. The number of rotatable bonds is 7. The van der Waals surface area contributed by atoms with E-state index in [2.05, 4.69) is 140 Å². The minimum atomic E-state index is -0.151. The van der Waals surface area contributed by atoms with Gasteiger partial charge in [0.1, 0.15) is 0 Å². The van der Waals surface area contributed by atoms with Crippen LogP contribution in [0.1, 0.15) is 67.3 Å². The van der Waals surface area contributed by atoms with Gasteiger partial charge in [-0.25, -0.2) is 4.98 Å². The first-order valence-electron chi connectivity index (χ1n) is 15.0. The SMILES string of the molecule is CC(C)c1cccc(C(C)C)c1[N-]C(c1ccccc1)c1nc(-c2cccc3c2ccn3C)cs1.C[N-]C.C[N-]C.C[N-]C.[Hf+4]. The molecule has 0 radical (unpaired) electrons. The van der Waals surface area contributed by atoms with Crippen LogP contribution in [0.2, 0.25) is 0 Å². The zero-order chi connectivity index (χ0) is 32.6. The Morgan fingerprint density at radius 1 is 0.689 bits per heavy atom. The monoisotopic (exact) mass is 790 g/mol. The van der Waals surface area contributed by atoms with Crippen LogP contribution >= 0.6 is 11.3 Å². The van der Waals surface area contributed by atoms with Crippen molar-refractivity contribution in [3.63, 3.8) is 0 Å². The molecule has 1 atom stereocenters. The van der Waals surface area contributed by atoms with E-state index in [4.69, 9.17) is 10.3 Å². The average Bonchev–Trinajstić information content (AvgIpc) is 3.64. The second-order valence-corrected chi connectivity index (χ2v) is 12.0. The molecule has 0 spiro atoms. The van der Waals surface area contributed by atoms with Gasteiger partial charge < -0.3 is 25.8 Å². The van der Waals surface area contributed by atoms with E-state index in [-0.39, 0.29) is 31.9 Å². The van der Waals surface area contributed by atoms with Crippen LogP contribution in [0.3, 0.4) is 0 Å². The standard InChI is InChI=1S/C31H32N3S.3C2H6N.Hf/c1-20(2)23-13-9-14-24(21(3)4)30(23)33-29(22-11-7-6-8-12-22)31-32-27(19-35-31)25-15-10-16-28-26(25)17-18-34(28)5;3*1-3-2;/h6-21,29H,1-5H3;3*1-2H3;/q4*-1;+4. The van der Waals surface area contributed by atoms with Crippen LogP contribution in [-0.4, -0.2) is 51.8 Å². The van der Waals surface area contributed by atoms with Crippen LogP contribution in [-0.2, 0) is 32.9 Å². The van der Waals surface area contributed by atoms with Gasteiger partial charge in [-0.2, -0.15) is 42.3 Å². The number of aromatic nitrogens is 2. The molecule has 0 saturated carbocycles. The Kier molecular flexibility index (Phi) is 19.1. The van der Waals surface area contributed by atoms with Crippen molar-refractivity contribution in [2.75, 3.05) is 42.3 Å². The normalized spacial score (nSPS) is 11.0. The van der Waals surface area contributed by atoms with Gasteiger partial charge in [0.15, 0.2) is 0 Å². The van der Waals surface area contributed by atoms with E-state index in [1.165, 1.54) is 33.2 Å². The molecule has 2 heterocycles. The molecule has 238 valence electrons. The average molecular weight is 789 g/mol. The molecule has 45 heavy (non-hydrogen) atoms. The molecule has 2 aromatic heterocycles. The zero-order valence-corrected chi connectivity index (χ0v) is 33.3. The first-order valence-corrected chi connectivity index (χ1v) is 15.9. The van der Waals surface area contributed by atoms with Crippen molar-refractivity contribution in [1.82, 2.24) is 9.55 Å². The number of hydrogen-bond donors (Lipinski definition) is 0. The van der Waals surface area contributed by atoms with E-state index in [1.807, 2.05) is 0 Å². The Bertz CT molecular complexity index is 1480. The number of hydrogen-bond acceptors (Lipinski definition) is 2. The number of benzene rings is 3. The van der Waals surface area contributed by atoms with Crippen molar-refractivity contribution in [1.29, 1.82) is 0 Å². The van der Waals surface area contributed by atoms with Gasteiger partial charge in [0.05, 0.1) is 10.7 Å². The summed E-state index contributed by atoms with van der Waals surface area (Å²) in [6, 6.07) is 25.7. The van der Waals surface area contributed by atoms with E-state index >= 15 is 0 Å². The molecule has 0 N–H and O–H groups in total. The van der Waals surface area contributed by atoms with Gasteiger partial charge in [0.2, 0.25) is 0 Å². The summed E-state index contributed by atoms with van der Waals surface area (Å²) in [5, 5.41) is 20.4. The van der Waals surface area contributed by atoms with Crippen molar-refractivity contribution in [3.05, 3.63) is 127 Å². The Labute approximate surface area is 295 Å². The molecule has 5 rings (SSSR count). The third-order valence-electron chi connectivity index (χ3n) is 6.68. The first kappa shape index (κ1) is 40.4. The number of para-hydroxylation sites is 1. The van der Waals surface area contributed by atoms with Crippen molar-refractivity contribution in [3.8, 4) is 11.3 Å². The summed E-state index contributed by atoms with van der Waals surface area (Å²) in [7, 11) is 12.6. The Morgan fingerprint density at radius 3 is 1.76 bits per heavy atom. The van der Waals surface area contributed by atoms with E-state index < -0.39 is 0 Å². The third kappa shape index (κ3) is 11.3. The van der Waals surface area contributed by atoms with Crippen molar-refractivity contribution < 1.29 is 25.8 Å². The second-order valence-electron chi connectivity index (χ2n) is 11.1. The molecule has 5 aromatic rings. The summed E-state index contributed by atoms with van der Waals surface area (Å²) in [6.07, 6.45) is 2.11. The van der Waals surface area contributed by atoms with Crippen LogP contribution in [0, 0.1) is 0 Å². The van der Waals surface area contributed by atoms with Crippen molar-refractivity contribution >= 4 is 27.9 Å². The minimum absolute atomic E-state index is 0. The fourth-order valence-corrected chi connectivity index (χ4v) is 5.64. The summed E-state index contributed by atoms with van der Waals surface area (Å²) in [4.78, 5) is 5.18. The molecule has 0 aliphatic carbocycles. The summed E-state index contributed by atoms with van der Waals surface area (Å²) < 4.78 is 2.16. The predicted molar refractivity (Wildman–Crippen MR) is 196 cm³/mol. The molecule has 0 fully saturated rings. The number of fused-ring (bicyclic) bond motifs is 1. The van der Waals surface area contributed by atoms with Gasteiger partial charge in [-0.3, -0.25) is 0 Å². The quantitative estimate of drug-likeness (QED) is 0.151. The van der Waals surface area contributed by atoms with Crippen LogP contribution in [0.5, 0.6) is 0 Å². The summed E-state index contributed by atoms with van der Waals surface area (Å²) in [5.74, 6) is 0.790. The van der Waals surface area contributed by atoms with Gasteiger partial charge in [0.25, 0.3) is 0 Å². The van der Waals surface area contributed by atoms with Gasteiger partial charge in [-0.15, -0.1) is 17.0 Å². The molecular weight excluding hydrogens is 739 g/mol. The molecule has 6 nitrogen and oxygen atoms in total. The fourth-order valence-electron chi connectivity index (χ4n) is 4.76. The van der Waals surface area contributed by atoms with Crippen LogP contribution in [0.25, 0.3) is 43.4 Å². The van der Waals surface area contributed by atoms with E-state index in [0.717, 1.165) is 16.4 Å². The second kappa shape index (κ2) is 21.2. The largest absolute Gasteiger partial charge is 4.00 e. The minimum Gasteiger partial charge on any atom is -0.672 e. The molecule has 8 heteroatoms. The predicted octanol–water partition coefficient (Wildman–Crippen LogP) is 11.2. The molecule has 1 unspecified atom stereocenters. The van der Waals surface area contributed by atoms with E-state index in [1.54, 1.807) is 53.6 Å². The molecule has 0 aliphatic heterocycles. The number of nitrogens with zero attached hydrogens (tertiary/aromatic N) is 6. The Hall–Kier alpha value is -2.62. The maximum atomic E-state index is 5.46. The molecule has 0 aliphatic rings. The third-order valence-corrected chi connectivity index (χ3v) is 7.57.